The summed E-state index contributed by atoms with van der Waals surface area (Å²) in [4.78, 5) is 43.4. The van der Waals surface area contributed by atoms with Crippen molar-refractivity contribution in [2.45, 2.75) is 118 Å². The van der Waals surface area contributed by atoms with Crippen LogP contribution < -0.4 is 10.1 Å². The summed E-state index contributed by atoms with van der Waals surface area (Å²) in [6, 6.07) is 10.3. The fourth-order valence-corrected chi connectivity index (χ4v) is 9.54. The van der Waals surface area contributed by atoms with Crippen molar-refractivity contribution in [2.24, 2.45) is 28.8 Å². The van der Waals surface area contributed by atoms with Crippen molar-refractivity contribution in [1.29, 1.82) is 0 Å². The van der Waals surface area contributed by atoms with Gasteiger partial charge in [0.25, 0.3) is 11.7 Å². The Hall–Kier alpha value is -5.94. The molecule has 4 aliphatic rings. The van der Waals surface area contributed by atoms with Gasteiger partial charge in [0.05, 0.1) is 66.1 Å². The van der Waals surface area contributed by atoms with Crippen molar-refractivity contribution in [3.63, 3.8) is 0 Å². The van der Waals surface area contributed by atoms with Gasteiger partial charge in [-0.25, -0.2) is 0 Å². The average Bonchev–Trinajstić information content (AvgIpc) is 3.55. The third kappa shape index (κ3) is 10.2. The summed E-state index contributed by atoms with van der Waals surface area (Å²) in [5.41, 5.74) is 0.787. The first-order valence-electron chi connectivity index (χ1n) is 22.8. The number of Topliss-reactive ketones (excluding diaryl/α,β-unsaturated/α-hetero) is 1. The number of phenols is 3. The molecule has 4 heterocycles. The second-order valence-electron chi connectivity index (χ2n) is 18.6. The highest BCUT2D eigenvalue weighted by molar-refractivity contribution is 6.23. The van der Waals surface area contributed by atoms with Crippen molar-refractivity contribution in [3.8, 4) is 23.0 Å². The normalized spacial score (nSPS) is 31.8. The van der Waals surface area contributed by atoms with Crippen molar-refractivity contribution in [3.05, 3.63) is 88.7 Å². The fraction of sp³-hybridized carbons (Fsp3) is 0.490. The fourth-order valence-electron chi connectivity index (χ4n) is 9.54. The van der Waals surface area contributed by atoms with Crippen LogP contribution in [-0.2, 0) is 30.3 Å². The minimum absolute atomic E-state index is 0.0503. The van der Waals surface area contributed by atoms with Gasteiger partial charge in [0.2, 0.25) is 0 Å². The molecule has 5 bridgehead atoms. The van der Waals surface area contributed by atoms with Crippen LogP contribution in [0.2, 0.25) is 0 Å². The lowest BCUT2D eigenvalue weighted by Crippen LogP contribution is -2.54. The van der Waals surface area contributed by atoms with E-state index in [4.69, 9.17) is 24.0 Å². The Labute approximate surface area is 392 Å². The number of hydrazone groups is 1. The van der Waals surface area contributed by atoms with Crippen LogP contribution in [0.15, 0.2) is 71.6 Å². The number of hydrogen-bond donors (Lipinski definition) is 6. The van der Waals surface area contributed by atoms with Gasteiger partial charge in [-0.1, -0.05) is 76.3 Å². The summed E-state index contributed by atoms with van der Waals surface area (Å²) in [6.45, 7) is 18.5. The van der Waals surface area contributed by atoms with Crippen LogP contribution in [0.1, 0.15) is 89.4 Å². The number of allylic oxidation sites excluding steroid dienone is 2. The van der Waals surface area contributed by atoms with E-state index in [2.05, 4.69) is 36.2 Å². The first-order chi connectivity index (χ1) is 31.6. The molecule has 1 amide bonds. The maximum atomic E-state index is 14.6. The van der Waals surface area contributed by atoms with E-state index in [-0.39, 0.29) is 56.6 Å². The second-order valence-corrected chi connectivity index (χ2v) is 18.6. The highest BCUT2D eigenvalue weighted by Crippen LogP contribution is 2.55. The van der Waals surface area contributed by atoms with Crippen molar-refractivity contribution < 1.29 is 58.9 Å². The molecule has 6 N–H and O–H groups in total. The maximum absolute atomic E-state index is 14.6. The van der Waals surface area contributed by atoms with E-state index in [0.717, 1.165) is 6.54 Å². The number of phenolic OH excluding ortho intramolecular Hbond substituents is 3. The van der Waals surface area contributed by atoms with Crippen LogP contribution in [0.5, 0.6) is 23.0 Å². The first kappa shape index (κ1) is 50.5. The van der Waals surface area contributed by atoms with Gasteiger partial charge < -0.3 is 49.8 Å². The molecule has 0 radical (unpaired) electrons. The Bertz CT molecular complexity index is 2460. The number of aliphatic hydroxyl groups excluding tert-OH is 2. The molecule has 0 spiro atoms. The quantitative estimate of drug-likeness (QED) is 0.0658. The van der Waals surface area contributed by atoms with Gasteiger partial charge in [-0.05, 0) is 39.3 Å². The topological polar surface area (TPSA) is 220 Å². The lowest BCUT2D eigenvalue weighted by Gasteiger charge is -2.43. The highest BCUT2D eigenvalue weighted by atomic mass is 16.7. The zero-order chi connectivity index (χ0) is 49.2. The van der Waals surface area contributed by atoms with Crippen LogP contribution >= 0.6 is 0 Å². The largest absolute Gasteiger partial charge is 0.507 e. The molecule has 0 saturated carbocycles. The van der Waals surface area contributed by atoms with Crippen LogP contribution in [0.25, 0.3) is 10.8 Å². The second kappa shape index (κ2) is 20.5. The zero-order valence-corrected chi connectivity index (χ0v) is 40.2. The number of nitrogens with zero attached hydrogens (tertiary/aromatic N) is 3. The number of aliphatic hydroxyl groups is 2. The third-order valence-electron chi connectivity index (χ3n) is 13.7. The van der Waals surface area contributed by atoms with E-state index >= 15 is 0 Å². The van der Waals surface area contributed by atoms with E-state index in [9.17, 15) is 39.9 Å². The number of fused-ring (bicyclic) bond motifs is 14. The van der Waals surface area contributed by atoms with E-state index in [0.29, 0.717) is 13.1 Å². The molecule has 0 aromatic heterocycles. The number of nitrogens with one attached hydrogen (secondary N) is 1. The van der Waals surface area contributed by atoms with E-state index in [1.165, 1.54) is 65.0 Å². The third-order valence-corrected chi connectivity index (χ3v) is 13.7. The van der Waals surface area contributed by atoms with Crippen molar-refractivity contribution >= 4 is 40.3 Å². The highest BCUT2D eigenvalue weighted by Gasteiger charge is 2.50. The summed E-state index contributed by atoms with van der Waals surface area (Å²) in [6.07, 6.45) is 4.88. The minimum atomic E-state index is -2.06. The summed E-state index contributed by atoms with van der Waals surface area (Å²) in [5.74, 6) is -8.45. The Morgan fingerprint density at radius 2 is 1.57 bits per heavy atom. The number of aromatic hydroxyl groups is 3. The molecule has 16 nitrogen and oxygen atoms in total. The van der Waals surface area contributed by atoms with Gasteiger partial charge >= 0.3 is 11.8 Å². The molecule has 67 heavy (non-hydrogen) atoms. The van der Waals surface area contributed by atoms with Gasteiger partial charge in [0, 0.05) is 79.8 Å². The summed E-state index contributed by atoms with van der Waals surface area (Å²) >= 11 is 0. The lowest BCUT2D eigenvalue weighted by molar-refractivity contribution is -0.160. The Morgan fingerprint density at radius 1 is 0.910 bits per heavy atom. The van der Waals surface area contributed by atoms with Gasteiger partial charge in [-0.3, -0.25) is 24.3 Å². The smallest absolute Gasteiger partial charge is 0.312 e. The molecule has 3 aromatic rings. The number of hydrogen-bond acceptors (Lipinski definition) is 15. The molecule has 362 valence electrons. The van der Waals surface area contributed by atoms with Gasteiger partial charge in [-0.2, -0.15) is 5.10 Å². The van der Waals surface area contributed by atoms with Crippen LogP contribution in [-0.4, -0.2) is 122 Å². The summed E-state index contributed by atoms with van der Waals surface area (Å²) < 4.78 is 23.8. The van der Waals surface area contributed by atoms with Crippen molar-refractivity contribution in [2.75, 3.05) is 25.5 Å². The SMILES string of the molecule is COC1/C=C/OC2(C)Oc3c(C)c(O)c4c(O)c(c(/C=N\N5CC(C)N(Cc6ccccc6)C(C)C5)c(O)c4c3C2=O)NC(=O)/C(C)=C/C=C/C(C)C(O)C(C)C(O)C(C)C(OC(C)=O)C1C. The number of rotatable bonds is 6. The van der Waals surface area contributed by atoms with Crippen LogP contribution in [0.3, 0.4) is 0 Å². The molecule has 11 atom stereocenters. The zero-order valence-electron chi connectivity index (χ0n) is 40.2. The number of ketones is 1. The average molecular weight is 927 g/mol. The van der Waals surface area contributed by atoms with E-state index in [1.54, 1.807) is 39.8 Å². The molecule has 0 aliphatic carbocycles. The lowest BCUT2D eigenvalue weighted by atomic mass is 9.78. The number of anilines is 1. The summed E-state index contributed by atoms with van der Waals surface area (Å²) in [7, 11) is 1.44. The molecule has 1 fully saturated rings. The molecular weight excluding hydrogens is 861 g/mol. The standard InChI is InChI=1S/C51H66N4O12/c1-26-16-15-17-27(2)50(63)53-41-36(22-52-54-23-28(3)55(29(4)24-54)25-35-18-13-12-14-19-35)45(60)38-39(46(41)61)44(59)33(8)48-40(38)49(62)51(10,67-48)65-21-20-37(64-11)30(5)47(66-34(9)56)32(7)43(58)31(6)42(26)57/h12-22,26,28-32,37,42-43,47,57-61H,23-25H2,1-11H3,(H,53,63)/b16-15+,21-20+,27-17+,52-22-. The number of benzene rings is 3. The predicted molar refractivity (Wildman–Crippen MR) is 254 cm³/mol. The van der Waals surface area contributed by atoms with Crippen LogP contribution in [0, 0.1) is 30.6 Å². The predicted octanol–water partition coefficient (Wildman–Crippen LogP) is 6.68. The Morgan fingerprint density at radius 3 is 2.19 bits per heavy atom. The molecular formula is C51H66N4O12. The number of amides is 1. The minimum Gasteiger partial charge on any atom is -0.507 e. The van der Waals surface area contributed by atoms with Gasteiger partial charge in [-0.15, -0.1) is 0 Å². The number of piperazine rings is 1. The number of ether oxygens (including phenoxy) is 4. The molecule has 11 unspecified atom stereocenters. The van der Waals surface area contributed by atoms with E-state index in [1.807, 2.05) is 23.2 Å². The van der Waals surface area contributed by atoms with Gasteiger partial charge in [0.15, 0.2) is 5.75 Å². The van der Waals surface area contributed by atoms with Crippen LogP contribution in [0.4, 0.5) is 5.69 Å². The number of carbonyl (C=O) groups excluding carboxylic acids is 3. The molecule has 7 rings (SSSR count). The Kier molecular flexibility index (Phi) is 15.5. The first-order valence-corrected chi connectivity index (χ1v) is 22.8. The summed E-state index contributed by atoms with van der Waals surface area (Å²) in [5, 5.41) is 68.0. The molecule has 16 heteroatoms. The number of methoxy groups -OCH3 is 1. The monoisotopic (exact) mass is 926 g/mol. The number of esters is 1. The van der Waals surface area contributed by atoms with Gasteiger partial charge in [0.1, 0.15) is 23.4 Å². The maximum Gasteiger partial charge on any atom is 0.312 e. The van der Waals surface area contributed by atoms with E-state index < -0.39 is 88.8 Å². The molecule has 4 aliphatic heterocycles. The molecule has 3 aromatic carbocycles. The number of carbonyl (C=O) groups is 3. The molecule has 1 saturated heterocycles. The Balaban J connectivity index is 1.48. The van der Waals surface area contributed by atoms with Crippen molar-refractivity contribution in [1.82, 2.24) is 9.91 Å².